The van der Waals surface area contributed by atoms with E-state index in [1.807, 2.05) is 0 Å². The van der Waals surface area contributed by atoms with E-state index < -0.39 is 17.5 Å². The lowest BCUT2D eigenvalue weighted by molar-refractivity contribution is -0.115. The number of halogens is 3. The molecule has 0 heterocycles. The molecule has 6 heteroatoms. The number of allylic oxidation sites excluding steroid dienone is 5. The molecule has 0 saturated heterocycles. The monoisotopic (exact) mass is 260 g/mol. The van der Waals surface area contributed by atoms with Gasteiger partial charge in [0.05, 0.1) is 11.3 Å². The van der Waals surface area contributed by atoms with Crippen LogP contribution in [0.15, 0.2) is 34.7 Å². The van der Waals surface area contributed by atoms with Crippen molar-refractivity contribution in [1.29, 1.82) is 0 Å². The second-order valence-electron chi connectivity index (χ2n) is 3.87. The first kappa shape index (κ1) is 14.3. The minimum Gasteiger partial charge on any atom is -0.397 e. The summed E-state index contributed by atoms with van der Waals surface area (Å²) in [7, 11) is 1.45. The van der Waals surface area contributed by atoms with Crippen molar-refractivity contribution in [3.63, 3.8) is 0 Å². The minimum atomic E-state index is -4.52. The molecule has 3 nitrogen and oxygen atoms in total. The number of ketones is 1. The number of hydrogen-bond acceptors (Lipinski definition) is 3. The van der Waals surface area contributed by atoms with Crippen molar-refractivity contribution < 1.29 is 18.0 Å². The number of likely N-dealkylation sites (N-methyl/N-ethyl adjacent to an activating group) is 1. The van der Waals surface area contributed by atoms with Crippen LogP contribution in [0.5, 0.6) is 0 Å². The van der Waals surface area contributed by atoms with Gasteiger partial charge in [-0.2, -0.15) is 13.2 Å². The van der Waals surface area contributed by atoms with Crippen LogP contribution < -0.4 is 11.1 Å². The van der Waals surface area contributed by atoms with E-state index in [0.717, 1.165) is 6.08 Å². The van der Waals surface area contributed by atoms with E-state index in [2.05, 4.69) is 5.32 Å². The van der Waals surface area contributed by atoms with Gasteiger partial charge in [-0.05, 0) is 18.1 Å². The molecule has 0 spiro atoms. The molecule has 0 aromatic rings. The summed E-state index contributed by atoms with van der Waals surface area (Å²) in [5.74, 6) is -0.440. The highest BCUT2D eigenvalue weighted by Gasteiger charge is 2.38. The molecule has 0 saturated carbocycles. The van der Waals surface area contributed by atoms with E-state index >= 15 is 0 Å². The second-order valence-corrected chi connectivity index (χ2v) is 3.87. The fourth-order valence-corrected chi connectivity index (χ4v) is 1.81. The first-order valence-electron chi connectivity index (χ1n) is 5.50. The van der Waals surface area contributed by atoms with Crippen molar-refractivity contribution in [2.75, 3.05) is 7.05 Å². The van der Waals surface area contributed by atoms with E-state index in [4.69, 9.17) is 5.73 Å². The van der Waals surface area contributed by atoms with Crippen molar-refractivity contribution in [2.24, 2.45) is 5.73 Å². The average molecular weight is 260 g/mol. The molecule has 3 N–H and O–H groups in total. The number of carbonyl (C=O) groups excluding carboxylic acids is 1. The summed E-state index contributed by atoms with van der Waals surface area (Å²) < 4.78 is 38.7. The largest absolute Gasteiger partial charge is 0.416 e. The predicted octanol–water partition coefficient (Wildman–Crippen LogP) is 2.17. The number of nitrogens with two attached hydrogens (primary N) is 1. The van der Waals surface area contributed by atoms with Crippen LogP contribution in [0.4, 0.5) is 13.2 Å². The maximum Gasteiger partial charge on any atom is 0.416 e. The van der Waals surface area contributed by atoms with Crippen LogP contribution in [0, 0.1) is 0 Å². The molecule has 1 rings (SSSR count). The third-order valence-electron chi connectivity index (χ3n) is 2.57. The molecule has 1 aliphatic rings. The molecule has 0 fully saturated rings. The number of Topliss-reactive ketones (excluding diaryl/α,β-unsaturated/α-hetero) is 1. The van der Waals surface area contributed by atoms with Gasteiger partial charge < -0.3 is 11.1 Å². The molecule has 0 bridgehead atoms. The molecule has 1 aliphatic carbocycles. The molecule has 0 radical (unpaired) electrons. The zero-order valence-corrected chi connectivity index (χ0v) is 10.2. The van der Waals surface area contributed by atoms with Gasteiger partial charge in [-0.3, -0.25) is 4.79 Å². The summed E-state index contributed by atoms with van der Waals surface area (Å²) >= 11 is 0. The van der Waals surface area contributed by atoms with Crippen LogP contribution in [-0.2, 0) is 4.79 Å². The molecule has 18 heavy (non-hydrogen) atoms. The second kappa shape index (κ2) is 5.29. The maximum absolute atomic E-state index is 12.9. The van der Waals surface area contributed by atoms with Gasteiger partial charge in [-0.1, -0.05) is 13.0 Å². The Morgan fingerprint density at radius 1 is 1.50 bits per heavy atom. The first-order valence-corrected chi connectivity index (χ1v) is 5.50. The third-order valence-corrected chi connectivity index (χ3v) is 2.57. The third kappa shape index (κ3) is 2.94. The molecule has 100 valence electrons. The maximum atomic E-state index is 12.9. The van der Waals surface area contributed by atoms with Crippen molar-refractivity contribution in [3.8, 4) is 0 Å². The van der Waals surface area contributed by atoms with Gasteiger partial charge >= 0.3 is 6.18 Å². The predicted molar refractivity (Wildman–Crippen MR) is 62.4 cm³/mol. The Morgan fingerprint density at radius 3 is 2.56 bits per heavy atom. The van der Waals surface area contributed by atoms with Gasteiger partial charge in [0.1, 0.15) is 5.70 Å². The van der Waals surface area contributed by atoms with E-state index in [0.29, 0.717) is 6.42 Å². The number of hydrogen-bond donors (Lipinski definition) is 2. The summed E-state index contributed by atoms with van der Waals surface area (Å²) in [4.78, 5) is 11.8. The Bertz CT molecular complexity index is 445. The number of nitrogens with one attached hydrogen (secondary N) is 1. The summed E-state index contributed by atoms with van der Waals surface area (Å²) in [6.07, 6.45) is -2.17. The molecule has 0 aromatic carbocycles. The van der Waals surface area contributed by atoms with Crippen LogP contribution in [0.3, 0.4) is 0 Å². The fraction of sp³-hybridized carbons (Fsp3) is 0.417. The van der Waals surface area contributed by atoms with Gasteiger partial charge in [0, 0.05) is 13.5 Å². The molecular weight excluding hydrogens is 245 g/mol. The van der Waals surface area contributed by atoms with Gasteiger partial charge in [-0.15, -0.1) is 0 Å². The molecule has 0 atom stereocenters. The lowest BCUT2D eigenvalue weighted by atomic mass is 10.00. The Morgan fingerprint density at radius 2 is 2.11 bits per heavy atom. The smallest absolute Gasteiger partial charge is 0.397 e. The number of rotatable bonds is 2. The van der Waals surface area contributed by atoms with Crippen LogP contribution in [0.1, 0.15) is 19.8 Å². The van der Waals surface area contributed by atoms with Crippen LogP contribution >= 0.6 is 0 Å². The highest BCUT2D eigenvalue weighted by atomic mass is 19.4. The Hall–Kier alpha value is -1.72. The van der Waals surface area contributed by atoms with Crippen LogP contribution in [0.2, 0.25) is 0 Å². The molecule has 0 aliphatic heterocycles. The zero-order valence-electron chi connectivity index (χ0n) is 10.2. The molecule has 0 aromatic heterocycles. The van der Waals surface area contributed by atoms with E-state index in [1.54, 1.807) is 6.92 Å². The quantitative estimate of drug-likeness (QED) is 0.800. The fourth-order valence-electron chi connectivity index (χ4n) is 1.81. The van der Waals surface area contributed by atoms with Gasteiger partial charge in [-0.25, -0.2) is 0 Å². The van der Waals surface area contributed by atoms with Crippen LogP contribution in [-0.4, -0.2) is 19.0 Å². The van der Waals surface area contributed by atoms with Gasteiger partial charge in [0.25, 0.3) is 0 Å². The Kier molecular flexibility index (Phi) is 4.21. The summed E-state index contributed by atoms with van der Waals surface area (Å²) in [5.41, 5.74) is 4.48. The van der Waals surface area contributed by atoms with E-state index in [9.17, 15) is 18.0 Å². The Labute approximate surface area is 103 Å². The van der Waals surface area contributed by atoms with Gasteiger partial charge in [0.2, 0.25) is 0 Å². The highest BCUT2D eigenvalue weighted by molar-refractivity contribution is 5.98. The summed E-state index contributed by atoms with van der Waals surface area (Å²) in [6, 6.07) is 0. The normalized spacial score (nSPS) is 19.9. The highest BCUT2D eigenvalue weighted by Crippen LogP contribution is 2.35. The SMILES string of the molecule is CC/C=C1/CC(=O)C(NC)=C(N)C=C1C(F)(F)F. The first-order chi connectivity index (χ1) is 8.31. The number of alkyl halides is 3. The van der Waals surface area contributed by atoms with Crippen molar-refractivity contribution >= 4 is 5.78 Å². The minimum absolute atomic E-state index is 0.0243. The van der Waals surface area contributed by atoms with E-state index in [1.165, 1.54) is 13.1 Å². The van der Waals surface area contributed by atoms with Crippen molar-refractivity contribution in [1.82, 2.24) is 5.32 Å². The lowest BCUT2D eigenvalue weighted by Gasteiger charge is -2.13. The molecule has 0 amide bonds. The summed E-state index contributed by atoms with van der Waals surface area (Å²) in [6.45, 7) is 1.71. The molecule has 0 unspecified atom stereocenters. The zero-order chi connectivity index (χ0) is 13.9. The van der Waals surface area contributed by atoms with Gasteiger partial charge in [0.15, 0.2) is 5.78 Å². The van der Waals surface area contributed by atoms with E-state index in [-0.39, 0.29) is 23.4 Å². The molecular formula is C12H15F3N2O. The standard InChI is InChI=1S/C12H15F3N2O/c1-3-4-7-5-10(18)11(17-2)9(16)6-8(7)12(13,14)15/h4,6,17H,3,5,16H2,1-2H3/b7-4-. The Balaban J connectivity index is 3.37. The summed E-state index contributed by atoms with van der Waals surface area (Å²) in [5, 5.41) is 2.54. The van der Waals surface area contributed by atoms with Crippen molar-refractivity contribution in [2.45, 2.75) is 25.9 Å². The van der Waals surface area contributed by atoms with Crippen molar-refractivity contribution in [3.05, 3.63) is 34.7 Å². The number of carbonyl (C=O) groups is 1. The topological polar surface area (TPSA) is 55.1 Å². The average Bonchev–Trinajstić information content (AvgIpc) is 2.35. The van der Waals surface area contributed by atoms with Crippen LogP contribution in [0.25, 0.3) is 0 Å². The lowest BCUT2D eigenvalue weighted by Crippen LogP contribution is -2.20.